The molecule has 0 N–H and O–H groups in total. The van der Waals surface area contributed by atoms with Crippen LogP contribution in [-0.2, 0) is 6.42 Å². The number of halogens is 2. The van der Waals surface area contributed by atoms with E-state index in [0.29, 0.717) is 31.6 Å². The zero-order chi connectivity index (χ0) is 28.0. The van der Waals surface area contributed by atoms with E-state index in [2.05, 4.69) is 41.4 Å². The largest absolute Gasteiger partial charge is 0.489 e. The number of rotatable bonds is 7. The monoisotopic (exact) mass is 548 g/mol. The van der Waals surface area contributed by atoms with Gasteiger partial charge in [0.2, 0.25) is 0 Å². The van der Waals surface area contributed by atoms with E-state index in [1.807, 2.05) is 42.6 Å². The third-order valence-electron chi connectivity index (χ3n) is 7.32. The van der Waals surface area contributed by atoms with E-state index < -0.39 is 11.6 Å². The van der Waals surface area contributed by atoms with E-state index in [1.165, 1.54) is 11.6 Å². The number of hydrogen-bond acceptors (Lipinski definition) is 4. The number of nitrogens with zero attached hydrogens (tertiary/aromatic N) is 2. The molecule has 1 unspecified atom stereocenters. The van der Waals surface area contributed by atoms with Crippen molar-refractivity contribution < 1.29 is 17.9 Å². The highest BCUT2D eigenvalue weighted by Gasteiger charge is 2.20. The fraction of sp³-hybridized carbons (Fsp3) is 0.200. The average molecular weight is 549 g/mol. The van der Waals surface area contributed by atoms with Crippen molar-refractivity contribution in [3.8, 4) is 16.9 Å². The van der Waals surface area contributed by atoms with E-state index in [-0.39, 0.29) is 11.6 Å². The van der Waals surface area contributed by atoms with Crippen LogP contribution < -0.4 is 4.74 Å². The van der Waals surface area contributed by atoms with Gasteiger partial charge in [0.15, 0.2) is 11.6 Å². The van der Waals surface area contributed by atoms with Crippen molar-refractivity contribution in [3.05, 3.63) is 137 Å². The van der Waals surface area contributed by atoms with Crippen LogP contribution in [0.25, 0.3) is 11.1 Å². The maximum atomic E-state index is 14.3. The fourth-order valence-corrected chi connectivity index (χ4v) is 5.05. The maximum Gasteiger partial charge on any atom is 0.167 e. The number of allylic oxidation sites excluding steroid dienone is 6. The molecule has 0 saturated heterocycles. The van der Waals surface area contributed by atoms with Crippen LogP contribution in [0.2, 0.25) is 0 Å². The summed E-state index contributed by atoms with van der Waals surface area (Å²) in [6.07, 6.45) is 22.0. The number of furan rings is 1. The van der Waals surface area contributed by atoms with E-state index in [4.69, 9.17) is 14.1 Å². The van der Waals surface area contributed by atoms with Crippen LogP contribution >= 0.6 is 0 Å². The molecular weight excluding hydrogens is 518 g/mol. The summed E-state index contributed by atoms with van der Waals surface area (Å²) in [5, 5.41) is 0. The van der Waals surface area contributed by atoms with Crippen molar-refractivity contribution in [1.82, 2.24) is 0 Å². The second-order valence-corrected chi connectivity index (χ2v) is 10.2. The third-order valence-corrected chi connectivity index (χ3v) is 7.32. The molecule has 3 aromatic rings. The minimum absolute atomic E-state index is 0.0135. The molecule has 3 heterocycles. The normalized spacial score (nSPS) is 21.2. The van der Waals surface area contributed by atoms with Crippen LogP contribution in [-0.4, -0.2) is 24.6 Å². The predicted molar refractivity (Wildman–Crippen MR) is 160 cm³/mol. The quantitative estimate of drug-likeness (QED) is 0.297. The standard InChI is InChI=1S/C35H30F2N2O2/c36-32-10-6-9-31(35(32)37)34-17-13-26-21-38-28(14-18-33(26)39-34)20-30-19-27(23-41-30)25-11-15-29(16-12-25)40-22-24-7-4-2-1-3-5-8-24/h1-2,4,6-13,15-16,18-19,21,23,28H,3,5,14,17,20,22H2/b2-1+,7-4-,24-8+. The molecule has 2 aliphatic heterocycles. The van der Waals surface area contributed by atoms with E-state index in [9.17, 15) is 8.78 Å². The number of hydrogen-bond donors (Lipinski definition) is 0. The average Bonchev–Trinajstić information content (AvgIpc) is 3.35. The van der Waals surface area contributed by atoms with E-state index in [1.54, 1.807) is 12.3 Å². The van der Waals surface area contributed by atoms with Crippen LogP contribution in [0.3, 0.4) is 0 Å². The van der Waals surface area contributed by atoms with Gasteiger partial charge in [-0.2, -0.15) is 0 Å². The molecule has 41 heavy (non-hydrogen) atoms. The molecule has 2 aromatic carbocycles. The van der Waals surface area contributed by atoms with Gasteiger partial charge >= 0.3 is 0 Å². The fourth-order valence-electron chi connectivity index (χ4n) is 5.05. The first-order valence-corrected chi connectivity index (χ1v) is 13.9. The topological polar surface area (TPSA) is 47.1 Å². The van der Waals surface area contributed by atoms with Crippen molar-refractivity contribution in [2.75, 3.05) is 6.61 Å². The van der Waals surface area contributed by atoms with Gasteiger partial charge in [0.05, 0.1) is 23.7 Å². The first-order valence-electron chi connectivity index (χ1n) is 13.9. The van der Waals surface area contributed by atoms with Gasteiger partial charge in [0, 0.05) is 35.8 Å². The van der Waals surface area contributed by atoms with Gasteiger partial charge < -0.3 is 9.15 Å². The second-order valence-electron chi connectivity index (χ2n) is 10.2. The molecule has 4 nitrogen and oxygen atoms in total. The Morgan fingerprint density at radius 1 is 0.951 bits per heavy atom. The minimum Gasteiger partial charge on any atom is -0.489 e. The lowest BCUT2D eigenvalue weighted by Crippen LogP contribution is -2.10. The zero-order valence-electron chi connectivity index (χ0n) is 22.6. The van der Waals surface area contributed by atoms with Crippen molar-refractivity contribution in [2.45, 2.75) is 38.1 Å². The second kappa shape index (κ2) is 12.3. The van der Waals surface area contributed by atoms with Gasteiger partial charge in [-0.3, -0.25) is 9.98 Å². The summed E-state index contributed by atoms with van der Waals surface area (Å²) in [6, 6.07) is 14.3. The summed E-state index contributed by atoms with van der Waals surface area (Å²) in [5.41, 5.74) is 5.58. The first kappa shape index (κ1) is 26.6. The molecular formula is C35H30F2N2O2. The lowest BCUT2D eigenvalue weighted by Gasteiger charge is -2.14. The minimum atomic E-state index is -0.868. The third kappa shape index (κ3) is 6.43. The number of fused-ring (bicyclic) bond motifs is 1. The lowest BCUT2D eigenvalue weighted by molar-refractivity contribution is 0.355. The van der Waals surface area contributed by atoms with Crippen LogP contribution in [0, 0.1) is 11.6 Å². The van der Waals surface area contributed by atoms with Crippen LogP contribution in [0.1, 0.15) is 37.0 Å². The highest BCUT2D eigenvalue weighted by Crippen LogP contribution is 2.29. The Labute approximate surface area is 238 Å². The van der Waals surface area contributed by atoms with Gasteiger partial charge in [-0.25, -0.2) is 8.78 Å². The number of ether oxygens (including phenoxy) is 1. The van der Waals surface area contributed by atoms with Gasteiger partial charge in [0.25, 0.3) is 0 Å². The van der Waals surface area contributed by atoms with Crippen molar-refractivity contribution in [3.63, 3.8) is 0 Å². The summed E-state index contributed by atoms with van der Waals surface area (Å²) in [7, 11) is 0. The molecule has 0 bridgehead atoms. The molecule has 1 atom stereocenters. The predicted octanol–water partition coefficient (Wildman–Crippen LogP) is 8.53. The number of benzene rings is 2. The lowest BCUT2D eigenvalue weighted by atomic mass is 10.00. The Morgan fingerprint density at radius 2 is 1.85 bits per heavy atom. The Morgan fingerprint density at radius 3 is 2.76 bits per heavy atom. The van der Waals surface area contributed by atoms with E-state index >= 15 is 0 Å². The summed E-state index contributed by atoms with van der Waals surface area (Å²) < 4.78 is 39.9. The van der Waals surface area contributed by atoms with Gasteiger partial charge in [-0.15, -0.1) is 0 Å². The molecule has 3 aliphatic rings. The summed E-state index contributed by atoms with van der Waals surface area (Å²) >= 11 is 0. The molecule has 0 saturated carbocycles. The van der Waals surface area contributed by atoms with E-state index in [0.717, 1.165) is 52.8 Å². The smallest absolute Gasteiger partial charge is 0.167 e. The van der Waals surface area contributed by atoms with Gasteiger partial charge in [-0.1, -0.05) is 60.7 Å². The molecule has 0 amide bonds. The molecule has 1 aliphatic carbocycles. The maximum absolute atomic E-state index is 14.3. The molecule has 0 spiro atoms. The van der Waals surface area contributed by atoms with Crippen LogP contribution in [0.15, 0.2) is 129 Å². The highest BCUT2D eigenvalue weighted by atomic mass is 19.2. The molecule has 0 radical (unpaired) electrons. The molecule has 206 valence electrons. The van der Waals surface area contributed by atoms with Crippen molar-refractivity contribution >= 4 is 11.9 Å². The van der Waals surface area contributed by atoms with Crippen LogP contribution in [0.5, 0.6) is 5.75 Å². The summed E-state index contributed by atoms with van der Waals surface area (Å²) in [5.74, 6) is -0.0556. The van der Waals surface area contributed by atoms with Crippen molar-refractivity contribution in [1.29, 1.82) is 0 Å². The Hall–Kier alpha value is -4.58. The SMILES string of the molecule is Fc1cccc(C2=NC3=CCC(Cc4cc(-c5ccc(OCC6=C/CC/C=C/C=C\6)cc5)co4)N=CC3=CC2)c1F. The molecule has 6 rings (SSSR count). The number of aliphatic imine (C=N–C) groups is 2. The Bertz CT molecular complexity index is 1630. The Balaban J connectivity index is 1.08. The summed E-state index contributed by atoms with van der Waals surface area (Å²) in [4.78, 5) is 9.40. The molecule has 1 aromatic heterocycles. The Kier molecular flexibility index (Phi) is 7.99. The molecule has 6 heteroatoms. The zero-order valence-corrected chi connectivity index (χ0v) is 22.6. The summed E-state index contributed by atoms with van der Waals surface area (Å²) in [6.45, 7) is 0.544. The van der Waals surface area contributed by atoms with Crippen LogP contribution in [0.4, 0.5) is 8.78 Å². The number of dihydropyridines is 1. The van der Waals surface area contributed by atoms with Gasteiger partial charge in [0.1, 0.15) is 18.1 Å². The molecule has 0 fully saturated rings. The van der Waals surface area contributed by atoms with Gasteiger partial charge in [-0.05, 0) is 60.7 Å². The first-order chi connectivity index (χ1) is 20.1. The van der Waals surface area contributed by atoms with Crippen molar-refractivity contribution in [2.24, 2.45) is 9.98 Å². The highest BCUT2D eigenvalue weighted by molar-refractivity contribution is 6.05.